The molecule has 0 amide bonds. The van der Waals surface area contributed by atoms with E-state index in [9.17, 15) is 4.79 Å². The molecule has 110 valence electrons. The number of nitrogens with zero attached hydrogens (tertiary/aromatic N) is 2. The molecule has 1 saturated heterocycles. The van der Waals surface area contributed by atoms with Crippen molar-refractivity contribution in [1.82, 2.24) is 4.98 Å². The lowest BCUT2D eigenvalue weighted by Gasteiger charge is -2.20. The van der Waals surface area contributed by atoms with Crippen molar-refractivity contribution in [2.75, 3.05) is 18.0 Å². The van der Waals surface area contributed by atoms with Crippen LogP contribution in [0.2, 0.25) is 0 Å². The van der Waals surface area contributed by atoms with Crippen LogP contribution < -0.4 is 4.90 Å². The second-order valence-electron chi connectivity index (χ2n) is 5.70. The molecule has 4 nitrogen and oxygen atoms in total. The Kier molecular flexibility index (Phi) is 3.78. The van der Waals surface area contributed by atoms with E-state index in [0.717, 1.165) is 36.0 Å². The van der Waals surface area contributed by atoms with Crippen LogP contribution in [0.15, 0.2) is 30.5 Å². The maximum Gasteiger partial charge on any atom is 0.308 e. The molecule has 1 fully saturated rings. The SMILES string of the molecule is CCCc1ccc2nccc(N3CCC(C(=O)O)C3)c2c1. The first-order valence-electron chi connectivity index (χ1n) is 7.54. The summed E-state index contributed by atoms with van der Waals surface area (Å²) in [6, 6.07) is 8.40. The van der Waals surface area contributed by atoms with E-state index >= 15 is 0 Å². The molecule has 2 heterocycles. The third kappa shape index (κ3) is 2.71. The van der Waals surface area contributed by atoms with Gasteiger partial charge in [-0.05, 0) is 36.6 Å². The Morgan fingerprint density at radius 1 is 1.43 bits per heavy atom. The Bertz CT molecular complexity index is 669. The fourth-order valence-electron chi connectivity index (χ4n) is 3.08. The number of anilines is 1. The fourth-order valence-corrected chi connectivity index (χ4v) is 3.08. The van der Waals surface area contributed by atoms with Gasteiger partial charge in [-0.1, -0.05) is 19.4 Å². The molecular weight excluding hydrogens is 264 g/mol. The number of carbonyl (C=O) groups is 1. The van der Waals surface area contributed by atoms with Crippen molar-refractivity contribution in [3.63, 3.8) is 0 Å². The molecule has 1 aromatic carbocycles. The van der Waals surface area contributed by atoms with Gasteiger partial charge in [0.2, 0.25) is 0 Å². The molecule has 4 heteroatoms. The minimum absolute atomic E-state index is 0.257. The van der Waals surface area contributed by atoms with E-state index in [4.69, 9.17) is 5.11 Å². The van der Waals surface area contributed by atoms with Gasteiger partial charge in [-0.3, -0.25) is 9.78 Å². The maximum atomic E-state index is 11.1. The maximum absolute atomic E-state index is 11.1. The van der Waals surface area contributed by atoms with Gasteiger partial charge in [0.25, 0.3) is 0 Å². The van der Waals surface area contributed by atoms with Crippen LogP contribution in [0.4, 0.5) is 5.69 Å². The number of benzene rings is 1. The summed E-state index contributed by atoms with van der Waals surface area (Å²) in [5.41, 5.74) is 3.40. The zero-order valence-corrected chi connectivity index (χ0v) is 12.2. The van der Waals surface area contributed by atoms with E-state index in [1.54, 1.807) is 0 Å². The van der Waals surface area contributed by atoms with Crippen molar-refractivity contribution >= 4 is 22.6 Å². The number of rotatable bonds is 4. The van der Waals surface area contributed by atoms with Gasteiger partial charge in [-0.25, -0.2) is 0 Å². The van der Waals surface area contributed by atoms with Crippen LogP contribution in [-0.4, -0.2) is 29.1 Å². The van der Waals surface area contributed by atoms with E-state index in [0.29, 0.717) is 13.0 Å². The zero-order valence-electron chi connectivity index (χ0n) is 12.2. The summed E-state index contributed by atoms with van der Waals surface area (Å²) in [7, 11) is 0. The van der Waals surface area contributed by atoms with Crippen molar-refractivity contribution in [2.45, 2.75) is 26.2 Å². The summed E-state index contributed by atoms with van der Waals surface area (Å²) in [4.78, 5) is 17.7. The molecule has 0 spiro atoms. The van der Waals surface area contributed by atoms with Gasteiger partial charge in [-0.15, -0.1) is 0 Å². The molecular formula is C17H20N2O2. The topological polar surface area (TPSA) is 53.4 Å². The summed E-state index contributed by atoms with van der Waals surface area (Å²) in [6.45, 7) is 3.56. The van der Waals surface area contributed by atoms with E-state index in [1.807, 2.05) is 12.3 Å². The van der Waals surface area contributed by atoms with Crippen LogP contribution in [-0.2, 0) is 11.2 Å². The van der Waals surface area contributed by atoms with Crippen LogP contribution in [0.5, 0.6) is 0 Å². The first kappa shape index (κ1) is 13.9. The van der Waals surface area contributed by atoms with Crippen molar-refractivity contribution in [3.8, 4) is 0 Å². The molecule has 0 saturated carbocycles. The fraction of sp³-hybridized carbons (Fsp3) is 0.412. The highest BCUT2D eigenvalue weighted by Crippen LogP contribution is 2.30. The molecule has 0 radical (unpaired) electrons. The van der Waals surface area contributed by atoms with Crippen LogP contribution >= 0.6 is 0 Å². The number of hydrogen-bond acceptors (Lipinski definition) is 3. The quantitative estimate of drug-likeness (QED) is 0.937. The number of carboxylic acid groups (broad SMARTS) is 1. The van der Waals surface area contributed by atoms with E-state index in [-0.39, 0.29) is 5.92 Å². The Hall–Kier alpha value is -2.10. The smallest absolute Gasteiger partial charge is 0.308 e. The van der Waals surface area contributed by atoms with Gasteiger partial charge in [0, 0.05) is 30.4 Å². The zero-order chi connectivity index (χ0) is 14.8. The average molecular weight is 284 g/mol. The van der Waals surface area contributed by atoms with Gasteiger partial charge in [0.15, 0.2) is 0 Å². The van der Waals surface area contributed by atoms with E-state index in [1.165, 1.54) is 5.56 Å². The first-order valence-corrected chi connectivity index (χ1v) is 7.54. The highest BCUT2D eigenvalue weighted by Gasteiger charge is 2.28. The average Bonchev–Trinajstić information content (AvgIpc) is 2.97. The lowest BCUT2D eigenvalue weighted by atomic mass is 10.1. The number of pyridine rings is 1. The Balaban J connectivity index is 1.98. The van der Waals surface area contributed by atoms with Crippen LogP contribution in [0.1, 0.15) is 25.3 Å². The Morgan fingerprint density at radius 2 is 2.29 bits per heavy atom. The Labute approximate surface area is 124 Å². The van der Waals surface area contributed by atoms with Gasteiger partial charge in [0.05, 0.1) is 11.4 Å². The number of carboxylic acids is 1. The predicted molar refractivity (Wildman–Crippen MR) is 83.7 cm³/mol. The number of aromatic nitrogens is 1. The highest BCUT2D eigenvalue weighted by molar-refractivity contribution is 5.92. The first-order chi connectivity index (χ1) is 10.2. The third-order valence-corrected chi connectivity index (χ3v) is 4.20. The second-order valence-corrected chi connectivity index (χ2v) is 5.70. The van der Waals surface area contributed by atoms with Crippen molar-refractivity contribution < 1.29 is 9.90 Å². The summed E-state index contributed by atoms with van der Waals surface area (Å²) < 4.78 is 0. The number of aliphatic carboxylic acids is 1. The summed E-state index contributed by atoms with van der Waals surface area (Å²) in [6.07, 6.45) is 4.70. The number of hydrogen-bond donors (Lipinski definition) is 1. The largest absolute Gasteiger partial charge is 0.481 e. The molecule has 2 aromatic rings. The van der Waals surface area contributed by atoms with E-state index < -0.39 is 5.97 Å². The summed E-state index contributed by atoms with van der Waals surface area (Å²) in [5.74, 6) is -0.949. The normalized spacial score (nSPS) is 18.3. The van der Waals surface area contributed by atoms with E-state index in [2.05, 4.69) is 35.0 Å². The highest BCUT2D eigenvalue weighted by atomic mass is 16.4. The predicted octanol–water partition coefficient (Wildman–Crippen LogP) is 3.10. The number of aryl methyl sites for hydroxylation is 1. The lowest BCUT2D eigenvalue weighted by Crippen LogP contribution is -2.22. The molecule has 0 aliphatic carbocycles. The monoisotopic (exact) mass is 284 g/mol. The van der Waals surface area contributed by atoms with Gasteiger partial charge >= 0.3 is 5.97 Å². The van der Waals surface area contributed by atoms with Crippen molar-refractivity contribution in [1.29, 1.82) is 0 Å². The van der Waals surface area contributed by atoms with Crippen LogP contribution in [0.25, 0.3) is 10.9 Å². The second kappa shape index (κ2) is 5.72. The molecule has 1 unspecified atom stereocenters. The molecule has 1 aromatic heterocycles. The molecule has 21 heavy (non-hydrogen) atoms. The third-order valence-electron chi connectivity index (χ3n) is 4.20. The lowest BCUT2D eigenvalue weighted by molar-refractivity contribution is -0.140. The molecule has 0 bridgehead atoms. The van der Waals surface area contributed by atoms with Gasteiger partial charge in [0.1, 0.15) is 0 Å². The standard InChI is InChI=1S/C17H20N2O2/c1-2-3-12-4-5-15-14(10-12)16(6-8-18-15)19-9-7-13(11-19)17(20)21/h4-6,8,10,13H,2-3,7,9,11H2,1H3,(H,20,21). The summed E-state index contributed by atoms with van der Waals surface area (Å²) in [5, 5.41) is 10.3. The van der Waals surface area contributed by atoms with Crippen molar-refractivity contribution in [3.05, 3.63) is 36.0 Å². The van der Waals surface area contributed by atoms with Gasteiger partial charge < -0.3 is 10.0 Å². The van der Waals surface area contributed by atoms with Crippen LogP contribution in [0, 0.1) is 5.92 Å². The molecule has 3 rings (SSSR count). The molecule has 1 aliphatic rings. The van der Waals surface area contributed by atoms with Gasteiger partial charge in [-0.2, -0.15) is 0 Å². The Morgan fingerprint density at radius 3 is 3.00 bits per heavy atom. The van der Waals surface area contributed by atoms with Crippen LogP contribution in [0.3, 0.4) is 0 Å². The molecule has 1 aliphatic heterocycles. The van der Waals surface area contributed by atoms with Crippen molar-refractivity contribution in [2.24, 2.45) is 5.92 Å². The molecule has 1 atom stereocenters. The number of fused-ring (bicyclic) bond motifs is 1. The molecule has 1 N–H and O–H groups in total. The minimum atomic E-state index is -0.692. The minimum Gasteiger partial charge on any atom is -0.481 e. The summed E-state index contributed by atoms with van der Waals surface area (Å²) >= 11 is 0.